The number of benzene rings is 2. The van der Waals surface area contributed by atoms with Gasteiger partial charge in [-0.3, -0.25) is 0 Å². The molecule has 3 heteroatoms. The molecule has 0 radical (unpaired) electrons. The van der Waals surface area contributed by atoms with Crippen LogP contribution in [0.2, 0.25) is 0 Å². The van der Waals surface area contributed by atoms with Gasteiger partial charge in [0.2, 0.25) is 0 Å². The number of hydrogen-bond donors (Lipinski definition) is 1. The van der Waals surface area contributed by atoms with Gasteiger partial charge in [-0.2, -0.15) is 0 Å². The van der Waals surface area contributed by atoms with Crippen molar-refractivity contribution in [3.63, 3.8) is 0 Å². The molecule has 21 heavy (non-hydrogen) atoms. The first-order valence-electron chi connectivity index (χ1n) is 7.34. The number of nitrogens with zero attached hydrogens (tertiary/aromatic N) is 2. The van der Waals surface area contributed by atoms with Gasteiger partial charge in [0.05, 0.1) is 5.52 Å². The molecule has 1 N–H and O–H groups in total. The lowest BCUT2D eigenvalue weighted by Gasteiger charge is -2.23. The van der Waals surface area contributed by atoms with Crippen LogP contribution in [0, 0.1) is 0 Å². The van der Waals surface area contributed by atoms with Crippen LogP contribution in [0.1, 0.15) is 5.56 Å². The van der Waals surface area contributed by atoms with Crippen LogP contribution in [-0.4, -0.2) is 18.1 Å². The Bertz CT molecular complexity index is 782. The molecule has 3 nitrogen and oxygen atoms in total. The standard InChI is InChI=1S/C18H17N3/c1-3-7-16-14(5-1)9-10-18(20-16)21-12-11-19-13-15-6-2-4-8-17(15)21/h1-10,19H,11-13H2. The van der Waals surface area contributed by atoms with Crippen molar-refractivity contribution in [3.05, 3.63) is 66.2 Å². The molecule has 0 unspecified atom stereocenters. The van der Waals surface area contributed by atoms with E-state index in [1.54, 1.807) is 0 Å². The van der Waals surface area contributed by atoms with Crippen LogP contribution < -0.4 is 10.2 Å². The summed E-state index contributed by atoms with van der Waals surface area (Å²) in [5.41, 5.74) is 3.62. The minimum atomic E-state index is 0.917. The molecular weight excluding hydrogens is 258 g/mol. The van der Waals surface area contributed by atoms with E-state index in [1.165, 1.54) is 16.6 Å². The predicted octanol–water partition coefficient (Wildman–Crippen LogP) is 3.48. The molecule has 2 heterocycles. The molecule has 0 aliphatic carbocycles. The average molecular weight is 275 g/mol. The van der Waals surface area contributed by atoms with Crippen molar-refractivity contribution in [1.82, 2.24) is 10.3 Å². The van der Waals surface area contributed by atoms with Gasteiger partial charge in [-0.15, -0.1) is 0 Å². The van der Waals surface area contributed by atoms with Gasteiger partial charge in [0.1, 0.15) is 5.82 Å². The first-order valence-corrected chi connectivity index (χ1v) is 7.34. The highest BCUT2D eigenvalue weighted by atomic mass is 15.2. The Morgan fingerprint density at radius 2 is 1.76 bits per heavy atom. The number of pyridine rings is 1. The number of hydrogen-bond acceptors (Lipinski definition) is 3. The fraction of sp³-hybridized carbons (Fsp3) is 0.167. The maximum Gasteiger partial charge on any atom is 0.133 e. The highest BCUT2D eigenvalue weighted by Crippen LogP contribution is 2.29. The summed E-state index contributed by atoms with van der Waals surface area (Å²) in [6.07, 6.45) is 0. The Balaban J connectivity index is 1.84. The Labute approximate surface area is 124 Å². The summed E-state index contributed by atoms with van der Waals surface area (Å²) < 4.78 is 0. The normalized spacial score (nSPS) is 14.8. The topological polar surface area (TPSA) is 28.2 Å². The van der Waals surface area contributed by atoms with Gasteiger partial charge in [0.25, 0.3) is 0 Å². The van der Waals surface area contributed by atoms with Gasteiger partial charge in [-0.25, -0.2) is 4.98 Å². The minimum Gasteiger partial charge on any atom is -0.325 e. The third-order valence-electron chi connectivity index (χ3n) is 3.97. The summed E-state index contributed by atoms with van der Waals surface area (Å²) in [4.78, 5) is 7.14. The number of anilines is 2. The monoisotopic (exact) mass is 275 g/mol. The quantitative estimate of drug-likeness (QED) is 0.737. The molecule has 0 bridgehead atoms. The number of para-hydroxylation sites is 2. The van der Waals surface area contributed by atoms with Crippen molar-refractivity contribution < 1.29 is 0 Å². The maximum absolute atomic E-state index is 4.84. The molecule has 1 aliphatic rings. The summed E-state index contributed by atoms with van der Waals surface area (Å²) in [6, 6.07) is 21.1. The summed E-state index contributed by atoms with van der Waals surface area (Å²) in [7, 11) is 0. The zero-order valence-corrected chi connectivity index (χ0v) is 11.8. The number of nitrogens with one attached hydrogen (secondary N) is 1. The minimum absolute atomic E-state index is 0.917. The molecular formula is C18H17N3. The molecule has 0 atom stereocenters. The van der Waals surface area contributed by atoms with E-state index < -0.39 is 0 Å². The summed E-state index contributed by atoms with van der Waals surface area (Å²) in [5.74, 6) is 1.02. The van der Waals surface area contributed by atoms with Crippen LogP contribution in [0.5, 0.6) is 0 Å². The largest absolute Gasteiger partial charge is 0.325 e. The van der Waals surface area contributed by atoms with E-state index in [-0.39, 0.29) is 0 Å². The SMILES string of the molecule is c1ccc2c(c1)CNCCN2c1ccc2ccccc2n1. The van der Waals surface area contributed by atoms with Crippen molar-refractivity contribution in [2.24, 2.45) is 0 Å². The Morgan fingerprint density at radius 1 is 0.905 bits per heavy atom. The Morgan fingerprint density at radius 3 is 2.76 bits per heavy atom. The van der Waals surface area contributed by atoms with E-state index in [4.69, 9.17) is 4.98 Å². The van der Waals surface area contributed by atoms with Crippen molar-refractivity contribution in [2.75, 3.05) is 18.0 Å². The molecule has 0 spiro atoms. The van der Waals surface area contributed by atoms with E-state index >= 15 is 0 Å². The lowest BCUT2D eigenvalue weighted by atomic mass is 10.1. The number of fused-ring (bicyclic) bond motifs is 2. The average Bonchev–Trinajstić information content (AvgIpc) is 2.77. The third kappa shape index (κ3) is 2.26. The lowest BCUT2D eigenvalue weighted by Crippen LogP contribution is -2.25. The second kappa shape index (κ2) is 5.19. The molecule has 1 aromatic heterocycles. The van der Waals surface area contributed by atoms with Crippen molar-refractivity contribution in [1.29, 1.82) is 0 Å². The van der Waals surface area contributed by atoms with Crippen LogP contribution in [0.3, 0.4) is 0 Å². The second-order valence-electron chi connectivity index (χ2n) is 5.32. The first-order chi connectivity index (χ1) is 10.4. The van der Waals surface area contributed by atoms with Gasteiger partial charge in [-0.05, 0) is 29.8 Å². The fourth-order valence-corrected chi connectivity index (χ4v) is 2.90. The predicted molar refractivity (Wildman–Crippen MR) is 86.9 cm³/mol. The molecule has 2 aromatic carbocycles. The lowest BCUT2D eigenvalue weighted by molar-refractivity contribution is 0.711. The van der Waals surface area contributed by atoms with Crippen LogP contribution >= 0.6 is 0 Å². The number of rotatable bonds is 1. The molecule has 0 saturated heterocycles. The second-order valence-corrected chi connectivity index (χ2v) is 5.32. The summed E-state index contributed by atoms with van der Waals surface area (Å²) in [5, 5.41) is 4.65. The van der Waals surface area contributed by atoms with Gasteiger partial charge in [0, 0.05) is 30.7 Å². The fourth-order valence-electron chi connectivity index (χ4n) is 2.90. The van der Waals surface area contributed by atoms with Crippen LogP contribution in [-0.2, 0) is 6.54 Å². The van der Waals surface area contributed by atoms with E-state index in [1.807, 2.05) is 6.07 Å². The highest BCUT2D eigenvalue weighted by Gasteiger charge is 2.17. The highest BCUT2D eigenvalue weighted by molar-refractivity contribution is 5.81. The molecule has 1 aliphatic heterocycles. The van der Waals surface area contributed by atoms with Gasteiger partial charge in [-0.1, -0.05) is 36.4 Å². The number of aromatic nitrogens is 1. The zero-order chi connectivity index (χ0) is 14.1. The van der Waals surface area contributed by atoms with Gasteiger partial charge >= 0.3 is 0 Å². The van der Waals surface area contributed by atoms with Crippen LogP contribution in [0.4, 0.5) is 11.5 Å². The van der Waals surface area contributed by atoms with E-state index in [0.717, 1.165) is 31.0 Å². The van der Waals surface area contributed by atoms with Gasteiger partial charge in [0.15, 0.2) is 0 Å². The zero-order valence-electron chi connectivity index (χ0n) is 11.8. The van der Waals surface area contributed by atoms with Crippen molar-refractivity contribution >= 4 is 22.4 Å². The molecule has 0 amide bonds. The van der Waals surface area contributed by atoms with E-state index in [9.17, 15) is 0 Å². The third-order valence-corrected chi connectivity index (χ3v) is 3.97. The molecule has 104 valence electrons. The Hall–Kier alpha value is -2.39. The van der Waals surface area contributed by atoms with E-state index in [2.05, 4.69) is 64.8 Å². The van der Waals surface area contributed by atoms with E-state index in [0.29, 0.717) is 0 Å². The molecule has 0 fully saturated rings. The maximum atomic E-state index is 4.84. The molecule has 4 rings (SSSR count). The van der Waals surface area contributed by atoms with Crippen molar-refractivity contribution in [2.45, 2.75) is 6.54 Å². The summed E-state index contributed by atoms with van der Waals surface area (Å²) >= 11 is 0. The van der Waals surface area contributed by atoms with Gasteiger partial charge < -0.3 is 10.2 Å². The van der Waals surface area contributed by atoms with Crippen molar-refractivity contribution in [3.8, 4) is 0 Å². The molecule has 0 saturated carbocycles. The first kappa shape index (κ1) is 12.4. The smallest absolute Gasteiger partial charge is 0.133 e. The van der Waals surface area contributed by atoms with Crippen LogP contribution in [0.15, 0.2) is 60.7 Å². The Kier molecular flexibility index (Phi) is 3.05. The molecule has 3 aromatic rings. The van der Waals surface area contributed by atoms with Crippen LogP contribution in [0.25, 0.3) is 10.9 Å². The summed E-state index contributed by atoms with van der Waals surface area (Å²) in [6.45, 7) is 2.81.